The van der Waals surface area contributed by atoms with E-state index in [0.717, 1.165) is 43.6 Å². The minimum Gasteiger partial charge on any atom is -0.465 e. The Kier molecular flexibility index (Phi) is 8.93. The molecule has 0 aromatic heterocycles. The first kappa shape index (κ1) is 19.7. The van der Waals surface area contributed by atoms with Gasteiger partial charge >= 0.3 is 5.97 Å². The van der Waals surface area contributed by atoms with E-state index in [2.05, 4.69) is 51.7 Å². The predicted molar refractivity (Wildman–Crippen MR) is 96.7 cm³/mol. The van der Waals surface area contributed by atoms with Gasteiger partial charge in [-0.3, -0.25) is 4.79 Å². The number of hydrogen-bond donors (Lipinski definition) is 0. The topological polar surface area (TPSA) is 29.5 Å². The molecule has 3 nitrogen and oxygen atoms in total. The van der Waals surface area contributed by atoms with Gasteiger partial charge in [-0.1, -0.05) is 58.4 Å². The first-order valence-electron chi connectivity index (χ1n) is 8.99. The highest BCUT2D eigenvalue weighted by Crippen LogP contribution is 2.30. The number of carbonyl (C=O) groups excluding carboxylic acids is 1. The predicted octanol–water partition coefficient (Wildman–Crippen LogP) is 4.40. The molecule has 0 bridgehead atoms. The molecule has 0 saturated heterocycles. The van der Waals surface area contributed by atoms with Crippen LogP contribution in [0, 0.1) is 12.8 Å². The molecule has 0 spiro atoms. The molecule has 0 aliphatic carbocycles. The molecule has 0 aliphatic rings. The molecular weight excluding hydrogens is 286 g/mol. The number of esters is 1. The van der Waals surface area contributed by atoms with Crippen molar-refractivity contribution in [3.63, 3.8) is 0 Å². The van der Waals surface area contributed by atoms with E-state index in [0.29, 0.717) is 6.61 Å². The van der Waals surface area contributed by atoms with E-state index in [-0.39, 0.29) is 17.8 Å². The number of hydrogen-bond acceptors (Lipinski definition) is 3. The summed E-state index contributed by atoms with van der Waals surface area (Å²) in [5.74, 6) is 0.0502. The normalized spacial score (nSPS) is 13.8. The molecule has 1 aromatic rings. The summed E-state index contributed by atoms with van der Waals surface area (Å²) in [6.45, 7) is 14.2. The van der Waals surface area contributed by atoms with Crippen molar-refractivity contribution in [3.05, 3.63) is 35.4 Å². The second kappa shape index (κ2) is 10.4. The summed E-state index contributed by atoms with van der Waals surface area (Å²) in [7, 11) is 0. The lowest BCUT2D eigenvalue weighted by molar-refractivity contribution is -0.147. The van der Waals surface area contributed by atoms with E-state index in [4.69, 9.17) is 4.74 Å². The number of rotatable bonds is 10. The maximum Gasteiger partial charge on any atom is 0.313 e. The number of nitrogens with zero attached hydrogens (tertiary/aromatic N) is 1. The zero-order valence-electron chi connectivity index (χ0n) is 15.5. The Morgan fingerprint density at radius 1 is 1.17 bits per heavy atom. The van der Waals surface area contributed by atoms with Crippen molar-refractivity contribution in [1.82, 2.24) is 4.90 Å². The monoisotopic (exact) mass is 319 g/mol. The lowest BCUT2D eigenvalue weighted by Gasteiger charge is -2.24. The van der Waals surface area contributed by atoms with E-state index in [9.17, 15) is 4.79 Å². The second-order valence-electron chi connectivity index (χ2n) is 6.27. The maximum atomic E-state index is 12.6. The first-order chi connectivity index (χ1) is 11.0. The first-order valence-corrected chi connectivity index (χ1v) is 8.99. The zero-order valence-corrected chi connectivity index (χ0v) is 15.5. The van der Waals surface area contributed by atoms with Crippen molar-refractivity contribution < 1.29 is 9.53 Å². The molecule has 1 rings (SSSR count). The molecule has 130 valence electrons. The van der Waals surface area contributed by atoms with Gasteiger partial charge in [0.2, 0.25) is 0 Å². The maximum absolute atomic E-state index is 12.6. The number of ether oxygens (including phenoxy) is 1. The summed E-state index contributed by atoms with van der Waals surface area (Å²) >= 11 is 0. The molecule has 0 heterocycles. The standard InChI is InChI=1S/C20H33NO2/c1-6-16(4)19(18-13-10-9-12-17(18)5)20(22)23-15-11-14-21(7-2)8-3/h9-10,12-13,16,19H,6-8,11,14-15H2,1-5H3/t16-,19+/m0/s1. The van der Waals surface area contributed by atoms with Crippen LogP contribution in [0.3, 0.4) is 0 Å². The molecule has 0 saturated carbocycles. The van der Waals surface area contributed by atoms with E-state index < -0.39 is 0 Å². The number of carbonyl (C=O) groups is 1. The van der Waals surface area contributed by atoms with Crippen LogP contribution in [0.15, 0.2) is 24.3 Å². The third-order valence-corrected chi connectivity index (χ3v) is 4.75. The van der Waals surface area contributed by atoms with Gasteiger partial charge in [-0.25, -0.2) is 0 Å². The fourth-order valence-electron chi connectivity index (χ4n) is 2.93. The van der Waals surface area contributed by atoms with Crippen LogP contribution >= 0.6 is 0 Å². The van der Waals surface area contributed by atoms with Crippen LogP contribution in [0.2, 0.25) is 0 Å². The van der Waals surface area contributed by atoms with Crippen LogP contribution in [0.1, 0.15) is 57.6 Å². The quantitative estimate of drug-likeness (QED) is 0.473. The highest BCUT2D eigenvalue weighted by Gasteiger charge is 2.28. The Morgan fingerprint density at radius 3 is 2.39 bits per heavy atom. The van der Waals surface area contributed by atoms with Crippen LogP contribution in [-0.2, 0) is 9.53 Å². The average molecular weight is 319 g/mol. The highest BCUT2D eigenvalue weighted by atomic mass is 16.5. The van der Waals surface area contributed by atoms with Gasteiger partial charge in [0, 0.05) is 6.54 Å². The Bertz CT molecular complexity index is 468. The Labute approximate surface area is 142 Å². The van der Waals surface area contributed by atoms with E-state index in [1.54, 1.807) is 0 Å². The van der Waals surface area contributed by atoms with Crippen molar-refractivity contribution in [2.75, 3.05) is 26.2 Å². The molecule has 2 atom stereocenters. The largest absolute Gasteiger partial charge is 0.465 e. The third kappa shape index (κ3) is 5.98. The van der Waals surface area contributed by atoms with E-state index in [1.165, 1.54) is 0 Å². The lowest BCUT2D eigenvalue weighted by Crippen LogP contribution is -2.27. The summed E-state index contributed by atoms with van der Waals surface area (Å²) in [6, 6.07) is 8.15. The van der Waals surface area contributed by atoms with E-state index in [1.807, 2.05) is 12.1 Å². The summed E-state index contributed by atoms with van der Waals surface area (Å²) < 4.78 is 5.61. The Morgan fingerprint density at radius 2 is 1.83 bits per heavy atom. The zero-order chi connectivity index (χ0) is 17.2. The number of benzene rings is 1. The molecule has 0 amide bonds. The van der Waals surface area contributed by atoms with Crippen molar-refractivity contribution in [2.45, 2.75) is 53.4 Å². The molecule has 0 N–H and O–H groups in total. The van der Waals surface area contributed by atoms with Crippen molar-refractivity contribution in [3.8, 4) is 0 Å². The van der Waals surface area contributed by atoms with Gasteiger partial charge < -0.3 is 9.64 Å². The molecule has 3 heteroatoms. The fraction of sp³-hybridized carbons (Fsp3) is 0.650. The van der Waals surface area contributed by atoms with Gasteiger partial charge in [0.15, 0.2) is 0 Å². The van der Waals surface area contributed by atoms with Crippen LogP contribution in [0.4, 0.5) is 0 Å². The molecule has 0 aliphatic heterocycles. The second-order valence-corrected chi connectivity index (χ2v) is 6.27. The molecule has 0 unspecified atom stereocenters. The highest BCUT2D eigenvalue weighted by molar-refractivity contribution is 5.79. The number of aryl methyl sites for hydroxylation is 1. The Balaban J connectivity index is 2.66. The SMILES string of the molecule is CC[C@H](C)[C@@H](C(=O)OCCCN(CC)CC)c1ccccc1C. The summed E-state index contributed by atoms with van der Waals surface area (Å²) in [5.41, 5.74) is 2.27. The molecule has 1 aromatic carbocycles. The van der Waals surface area contributed by atoms with Crippen molar-refractivity contribution in [2.24, 2.45) is 5.92 Å². The van der Waals surface area contributed by atoms with Gasteiger partial charge in [-0.05, 0) is 43.5 Å². The van der Waals surface area contributed by atoms with Gasteiger partial charge in [0.25, 0.3) is 0 Å². The smallest absolute Gasteiger partial charge is 0.313 e. The van der Waals surface area contributed by atoms with Gasteiger partial charge in [-0.15, -0.1) is 0 Å². The minimum absolute atomic E-state index is 0.0757. The molecular formula is C20H33NO2. The van der Waals surface area contributed by atoms with Crippen molar-refractivity contribution >= 4 is 5.97 Å². The average Bonchev–Trinajstić information content (AvgIpc) is 2.56. The van der Waals surface area contributed by atoms with Gasteiger partial charge in [0.05, 0.1) is 12.5 Å². The minimum atomic E-state index is -0.158. The molecule has 23 heavy (non-hydrogen) atoms. The summed E-state index contributed by atoms with van der Waals surface area (Å²) in [5, 5.41) is 0. The van der Waals surface area contributed by atoms with Crippen LogP contribution in [0.25, 0.3) is 0 Å². The molecule has 0 fully saturated rings. The summed E-state index contributed by atoms with van der Waals surface area (Å²) in [6.07, 6.45) is 1.86. The van der Waals surface area contributed by atoms with Gasteiger partial charge in [0.1, 0.15) is 0 Å². The van der Waals surface area contributed by atoms with Crippen LogP contribution < -0.4 is 0 Å². The van der Waals surface area contributed by atoms with Crippen LogP contribution in [0.5, 0.6) is 0 Å². The summed E-state index contributed by atoms with van der Waals surface area (Å²) in [4.78, 5) is 15.0. The lowest BCUT2D eigenvalue weighted by atomic mass is 9.83. The third-order valence-electron chi connectivity index (χ3n) is 4.75. The van der Waals surface area contributed by atoms with Crippen molar-refractivity contribution in [1.29, 1.82) is 0 Å². The molecule has 0 radical (unpaired) electrons. The fourth-order valence-corrected chi connectivity index (χ4v) is 2.93. The Hall–Kier alpha value is -1.35. The van der Waals surface area contributed by atoms with Gasteiger partial charge in [-0.2, -0.15) is 0 Å². The van der Waals surface area contributed by atoms with Crippen LogP contribution in [-0.4, -0.2) is 37.1 Å². The van der Waals surface area contributed by atoms with E-state index >= 15 is 0 Å².